The molecule has 3 rings (SSSR count). The number of rotatable bonds is 1. The van der Waals surface area contributed by atoms with E-state index in [4.69, 9.17) is 0 Å². The standard InChI is InChI=1S/C14H14FNS/c1-9-7-16-8-11-6-13(17-14(9)11)10-2-4-12(15)5-3-10/h2-6,9,16H,7-8H2,1H3. The molecular formula is C14H14FNS. The van der Waals surface area contributed by atoms with E-state index in [1.807, 2.05) is 23.5 Å². The topological polar surface area (TPSA) is 12.0 Å². The SMILES string of the molecule is CC1CNCc2cc(-c3ccc(F)cc3)sc21. The molecule has 17 heavy (non-hydrogen) atoms. The van der Waals surface area contributed by atoms with E-state index in [9.17, 15) is 4.39 Å². The molecule has 0 amide bonds. The molecule has 0 aliphatic carbocycles. The minimum absolute atomic E-state index is 0.176. The molecule has 2 heterocycles. The third-order valence-corrected chi connectivity index (χ3v) is 4.64. The van der Waals surface area contributed by atoms with E-state index < -0.39 is 0 Å². The monoisotopic (exact) mass is 247 g/mol. The van der Waals surface area contributed by atoms with Crippen LogP contribution < -0.4 is 5.32 Å². The van der Waals surface area contributed by atoms with E-state index in [1.54, 1.807) is 0 Å². The van der Waals surface area contributed by atoms with Crippen molar-refractivity contribution >= 4 is 11.3 Å². The van der Waals surface area contributed by atoms with Crippen LogP contribution in [0.1, 0.15) is 23.3 Å². The van der Waals surface area contributed by atoms with Crippen molar-refractivity contribution in [1.82, 2.24) is 5.32 Å². The van der Waals surface area contributed by atoms with E-state index in [0.717, 1.165) is 18.7 Å². The average molecular weight is 247 g/mol. The number of nitrogens with one attached hydrogen (secondary N) is 1. The summed E-state index contributed by atoms with van der Waals surface area (Å²) in [4.78, 5) is 2.72. The van der Waals surface area contributed by atoms with Gasteiger partial charge in [-0.3, -0.25) is 0 Å². The van der Waals surface area contributed by atoms with Crippen molar-refractivity contribution in [3.05, 3.63) is 46.6 Å². The summed E-state index contributed by atoms with van der Waals surface area (Å²) in [5.41, 5.74) is 2.51. The van der Waals surface area contributed by atoms with Crippen LogP contribution in [0, 0.1) is 5.82 Å². The molecule has 1 aromatic carbocycles. The van der Waals surface area contributed by atoms with Gasteiger partial charge in [0, 0.05) is 28.8 Å². The molecular weight excluding hydrogens is 233 g/mol. The van der Waals surface area contributed by atoms with Crippen LogP contribution in [0.3, 0.4) is 0 Å². The molecule has 1 aliphatic rings. The van der Waals surface area contributed by atoms with Gasteiger partial charge in [-0.05, 0) is 29.3 Å². The molecule has 88 valence electrons. The summed E-state index contributed by atoms with van der Waals surface area (Å²) in [7, 11) is 0. The van der Waals surface area contributed by atoms with Crippen molar-refractivity contribution < 1.29 is 4.39 Å². The van der Waals surface area contributed by atoms with Crippen molar-refractivity contribution in [1.29, 1.82) is 0 Å². The Morgan fingerprint density at radius 2 is 2.06 bits per heavy atom. The maximum absolute atomic E-state index is 12.9. The number of benzene rings is 1. The van der Waals surface area contributed by atoms with E-state index in [1.165, 1.54) is 27.5 Å². The molecule has 2 aromatic rings. The quantitative estimate of drug-likeness (QED) is 0.809. The van der Waals surface area contributed by atoms with Gasteiger partial charge in [-0.15, -0.1) is 11.3 Å². The number of thiophene rings is 1. The first-order chi connectivity index (χ1) is 8.24. The van der Waals surface area contributed by atoms with Crippen LogP contribution in [0.25, 0.3) is 10.4 Å². The van der Waals surface area contributed by atoms with Gasteiger partial charge in [0.25, 0.3) is 0 Å². The maximum atomic E-state index is 12.9. The third kappa shape index (κ3) is 2.01. The number of halogens is 1. The van der Waals surface area contributed by atoms with Crippen molar-refractivity contribution in [3.8, 4) is 10.4 Å². The normalized spacial score (nSPS) is 19.1. The lowest BCUT2D eigenvalue weighted by atomic mass is 10.0. The van der Waals surface area contributed by atoms with Gasteiger partial charge < -0.3 is 5.32 Å². The second-order valence-electron chi connectivity index (χ2n) is 4.54. The van der Waals surface area contributed by atoms with Gasteiger partial charge in [0.05, 0.1) is 0 Å². The molecule has 1 N–H and O–H groups in total. The zero-order chi connectivity index (χ0) is 11.8. The molecule has 1 aliphatic heterocycles. The molecule has 1 atom stereocenters. The van der Waals surface area contributed by atoms with Crippen LogP contribution in [-0.2, 0) is 6.54 Å². The number of hydrogen-bond acceptors (Lipinski definition) is 2. The van der Waals surface area contributed by atoms with Gasteiger partial charge in [-0.25, -0.2) is 4.39 Å². The van der Waals surface area contributed by atoms with Crippen molar-refractivity contribution in [2.75, 3.05) is 6.54 Å². The first-order valence-electron chi connectivity index (χ1n) is 5.83. The van der Waals surface area contributed by atoms with E-state index in [0.29, 0.717) is 5.92 Å². The van der Waals surface area contributed by atoms with Crippen LogP contribution >= 0.6 is 11.3 Å². The van der Waals surface area contributed by atoms with Gasteiger partial charge in [0.1, 0.15) is 5.82 Å². The van der Waals surface area contributed by atoms with E-state index in [2.05, 4.69) is 18.3 Å². The van der Waals surface area contributed by atoms with Gasteiger partial charge in [0.15, 0.2) is 0 Å². The summed E-state index contributed by atoms with van der Waals surface area (Å²) < 4.78 is 12.9. The van der Waals surface area contributed by atoms with Crippen LogP contribution in [-0.4, -0.2) is 6.54 Å². The van der Waals surface area contributed by atoms with Crippen LogP contribution in [0.15, 0.2) is 30.3 Å². The summed E-state index contributed by atoms with van der Waals surface area (Å²) in [6, 6.07) is 8.98. The van der Waals surface area contributed by atoms with Gasteiger partial charge in [-0.1, -0.05) is 19.1 Å². The lowest BCUT2D eigenvalue weighted by Gasteiger charge is -2.18. The number of fused-ring (bicyclic) bond motifs is 1. The maximum Gasteiger partial charge on any atom is 0.123 e. The Morgan fingerprint density at radius 3 is 2.76 bits per heavy atom. The van der Waals surface area contributed by atoms with Gasteiger partial charge in [-0.2, -0.15) is 0 Å². The van der Waals surface area contributed by atoms with Crippen LogP contribution in [0.4, 0.5) is 4.39 Å². The summed E-state index contributed by atoms with van der Waals surface area (Å²) in [6.45, 7) is 4.25. The van der Waals surface area contributed by atoms with Crippen molar-refractivity contribution in [2.24, 2.45) is 0 Å². The smallest absolute Gasteiger partial charge is 0.123 e. The lowest BCUT2D eigenvalue weighted by molar-refractivity contribution is 0.581. The first kappa shape index (κ1) is 10.9. The van der Waals surface area contributed by atoms with Gasteiger partial charge >= 0.3 is 0 Å². The third-order valence-electron chi connectivity index (χ3n) is 3.18. The lowest BCUT2D eigenvalue weighted by Crippen LogP contribution is -2.24. The summed E-state index contributed by atoms with van der Waals surface area (Å²) >= 11 is 1.84. The summed E-state index contributed by atoms with van der Waals surface area (Å²) in [5.74, 6) is 0.406. The fourth-order valence-corrected chi connectivity index (χ4v) is 3.51. The Balaban J connectivity index is 2.02. The Kier molecular flexibility index (Phi) is 2.73. The zero-order valence-corrected chi connectivity index (χ0v) is 10.5. The molecule has 1 nitrogen and oxygen atoms in total. The fraction of sp³-hybridized carbons (Fsp3) is 0.286. The highest BCUT2D eigenvalue weighted by Crippen LogP contribution is 2.37. The zero-order valence-electron chi connectivity index (χ0n) is 9.66. The second kappa shape index (κ2) is 4.24. The molecule has 0 fully saturated rings. The predicted octanol–water partition coefficient (Wildman–Crippen LogP) is 3.76. The van der Waals surface area contributed by atoms with Crippen molar-refractivity contribution in [2.45, 2.75) is 19.4 Å². The molecule has 0 saturated carbocycles. The molecule has 0 saturated heterocycles. The largest absolute Gasteiger partial charge is 0.312 e. The minimum Gasteiger partial charge on any atom is -0.312 e. The molecule has 3 heteroatoms. The predicted molar refractivity (Wildman–Crippen MR) is 69.8 cm³/mol. The summed E-state index contributed by atoms with van der Waals surface area (Å²) in [6.07, 6.45) is 0. The fourth-order valence-electron chi connectivity index (χ4n) is 2.27. The van der Waals surface area contributed by atoms with Crippen molar-refractivity contribution in [3.63, 3.8) is 0 Å². The highest BCUT2D eigenvalue weighted by atomic mass is 32.1. The summed E-state index contributed by atoms with van der Waals surface area (Å²) in [5, 5.41) is 3.41. The molecule has 0 radical (unpaired) electrons. The Labute approximate surface area is 104 Å². The minimum atomic E-state index is -0.176. The Bertz CT molecular complexity index is 530. The van der Waals surface area contributed by atoms with Crippen LogP contribution in [0.5, 0.6) is 0 Å². The Hall–Kier alpha value is -1.19. The van der Waals surface area contributed by atoms with Gasteiger partial charge in [0.2, 0.25) is 0 Å². The molecule has 1 unspecified atom stereocenters. The van der Waals surface area contributed by atoms with Crippen LogP contribution in [0.2, 0.25) is 0 Å². The molecule has 0 bridgehead atoms. The number of hydrogen-bond donors (Lipinski definition) is 1. The van der Waals surface area contributed by atoms with E-state index in [-0.39, 0.29) is 5.82 Å². The van der Waals surface area contributed by atoms with E-state index >= 15 is 0 Å². The molecule has 0 spiro atoms. The highest BCUT2D eigenvalue weighted by molar-refractivity contribution is 7.15. The molecule has 1 aromatic heterocycles. The first-order valence-corrected chi connectivity index (χ1v) is 6.65. The highest BCUT2D eigenvalue weighted by Gasteiger charge is 2.19. The average Bonchev–Trinajstić information content (AvgIpc) is 2.75. The Morgan fingerprint density at radius 1 is 1.29 bits per heavy atom. The second-order valence-corrected chi connectivity index (χ2v) is 5.62.